The summed E-state index contributed by atoms with van der Waals surface area (Å²) in [5.41, 5.74) is 1.15. The second-order valence-corrected chi connectivity index (χ2v) is 4.51. The molecule has 1 aromatic carbocycles. The van der Waals surface area contributed by atoms with Gasteiger partial charge in [-0.1, -0.05) is 37.2 Å². The molecule has 0 fully saturated rings. The van der Waals surface area contributed by atoms with Crippen molar-refractivity contribution >= 4 is 5.97 Å². The Hall–Kier alpha value is -2.37. The van der Waals surface area contributed by atoms with Gasteiger partial charge in [-0.05, 0) is 6.07 Å². The van der Waals surface area contributed by atoms with Gasteiger partial charge in [-0.25, -0.2) is 4.79 Å². The molecule has 0 radical (unpaired) electrons. The molecule has 1 heterocycles. The minimum absolute atomic E-state index is 0.0911. The number of methoxy groups -OCH3 is 1. The van der Waals surface area contributed by atoms with E-state index in [1.807, 2.05) is 19.9 Å². The van der Waals surface area contributed by atoms with Crippen LogP contribution in [0.25, 0.3) is 0 Å². The number of nitrogens with zero attached hydrogens (tertiary/aromatic N) is 2. The summed E-state index contributed by atoms with van der Waals surface area (Å²) in [4.78, 5) is 15.7. The van der Waals surface area contributed by atoms with Crippen molar-refractivity contribution in [3.05, 3.63) is 41.2 Å². The van der Waals surface area contributed by atoms with E-state index in [1.165, 1.54) is 7.11 Å². The molecule has 0 aliphatic rings. The fourth-order valence-electron chi connectivity index (χ4n) is 1.61. The minimum Gasteiger partial charge on any atom is -0.465 e. The Kier molecular flexibility index (Phi) is 4.34. The van der Waals surface area contributed by atoms with Crippen molar-refractivity contribution in [2.24, 2.45) is 0 Å². The molecule has 20 heavy (non-hydrogen) atoms. The fourth-order valence-corrected chi connectivity index (χ4v) is 1.61. The Labute approximate surface area is 116 Å². The number of esters is 1. The molecule has 2 aromatic rings. The summed E-state index contributed by atoms with van der Waals surface area (Å²) in [6.07, 6.45) is 0.0911. The molecule has 0 atom stereocenters. The molecule has 0 amide bonds. The number of hydrogen-bond acceptors (Lipinski definition) is 6. The Balaban J connectivity index is 2.08. The Bertz CT molecular complexity index is 592. The van der Waals surface area contributed by atoms with E-state index in [4.69, 9.17) is 14.0 Å². The first-order valence-electron chi connectivity index (χ1n) is 6.24. The maximum absolute atomic E-state index is 11.6. The van der Waals surface area contributed by atoms with Crippen molar-refractivity contribution in [2.45, 2.75) is 26.4 Å². The summed E-state index contributed by atoms with van der Waals surface area (Å²) < 4.78 is 15.1. The van der Waals surface area contributed by atoms with E-state index in [-0.39, 0.29) is 18.6 Å². The number of hydrogen-bond donors (Lipinski definition) is 0. The van der Waals surface area contributed by atoms with Crippen LogP contribution >= 0.6 is 0 Å². The Morgan fingerprint density at radius 3 is 2.75 bits per heavy atom. The number of carbonyl (C=O) groups is 1. The molecule has 6 nitrogen and oxygen atoms in total. The van der Waals surface area contributed by atoms with Crippen molar-refractivity contribution in [2.75, 3.05) is 7.11 Å². The number of rotatable bonds is 5. The lowest BCUT2D eigenvalue weighted by Gasteiger charge is -2.06. The molecule has 2 rings (SSSR count). The molecule has 0 N–H and O–H groups in total. The molecule has 0 aliphatic heterocycles. The molecule has 1 aromatic heterocycles. The number of benzene rings is 1. The Morgan fingerprint density at radius 1 is 1.35 bits per heavy atom. The van der Waals surface area contributed by atoms with Gasteiger partial charge >= 0.3 is 12.0 Å². The van der Waals surface area contributed by atoms with Crippen molar-refractivity contribution in [1.82, 2.24) is 10.1 Å². The highest BCUT2D eigenvalue weighted by Gasteiger charge is 2.14. The van der Waals surface area contributed by atoms with Crippen LogP contribution in [-0.2, 0) is 11.3 Å². The standard InChI is InChI=1S/C14H16N2O4/c1-9(2)12-15-14(20-16-12)19-8-10-6-4-5-7-11(10)13(17)18-3/h4-7,9H,8H2,1-3H3. The zero-order valence-electron chi connectivity index (χ0n) is 11.6. The van der Waals surface area contributed by atoms with Gasteiger partial charge < -0.3 is 9.47 Å². The zero-order chi connectivity index (χ0) is 14.5. The van der Waals surface area contributed by atoms with E-state index in [2.05, 4.69) is 10.1 Å². The van der Waals surface area contributed by atoms with E-state index in [1.54, 1.807) is 18.2 Å². The molecular weight excluding hydrogens is 260 g/mol. The van der Waals surface area contributed by atoms with Crippen LogP contribution in [0.15, 0.2) is 28.8 Å². The van der Waals surface area contributed by atoms with Gasteiger partial charge in [-0.15, -0.1) is 0 Å². The highest BCUT2D eigenvalue weighted by Crippen LogP contribution is 2.17. The Morgan fingerprint density at radius 2 is 2.10 bits per heavy atom. The van der Waals surface area contributed by atoms with Gasteiger partial charge in [-0.3, -0.25) is 4.52 Å². The lowest BCUT2D eigenvalue weighted by atomic mass is 10.1. The number of carbonyl (C=O) groups excluding carboxylic acids is 1. The predicted molar refractivity (Wildman–Crippen MR) is 70.5 cm³/mol. The van der Waals surface area contributed by atoms with Crippen LogP contribution in [0.4, 0.5) is 0 Å². The summed E-state index contributed by atoms with van der Waals surface area (Å²) in [5, 5.41) is 3.80. The molecule has 0 saturated carbocycles. The predicted octanol–water partition coefficient (Wildman–Crippen LogP) is 2.56. The monoisotopic (exact) mass is 276 g/mol. The van der Waals surface area contributed by atoms with E-state index in [9.17, 15) is 4.79 Å². The van der Waals surface area contributed by atoms with E-state index >= 15 is 0 Å². The second-order valence-electron chi connectivity index (χ2n) is 4.51. The van der Waals surface area contributed by atoms with Gasteiger partial charge in [0.25, 0.3) is 0 Å². The first kappa shape index (κ1) is 14.0. The van der Waals surface area contributed by atoms with E-state index < -0.39 is 5.97 Å². The van der Waals surface area contributed by atoms with Gasteiger partial charge in [0.1, 0.15) is 6.61 Å². The number of aromatic nitrogens is 2. The van der Waals surface area contributed by atoms with Crippen LogP contribution in [0, 0.1) is 0 Å². The van der Waals surface area contributed by atoms with Crippen LogP contribution in [-0.4, -0.2) is 23.2 Å². The van der Waals surface area contributed by atoms with E-state index in [0.717, 1.165) is 0 Å². The third kappa shape index (κ3) is 3.14. The van der Waals surface area contributed by atoms with Crippen molar-refractivity contribution in [3.63, 3.8) is 0 Å². The molecule has 0 aliphatic carbocycles. The van der Waals surface area contributed by atoms with Gasteiger partial charge in [0.05, 0.1) is 12.7 Å². The second kappa shape index (κ2) is 6.18. The molecule has 106 valence electrons. The van der Waals surface area contributed by atoms with Crippen molar-refractivity contribution in [3.8, 4) is 6.08 Å². The molecule has 0 saturated heterocycles. The summed E-state index contributed by atoms with van der Waals surface area (Å²) in [5.74, 6) is 0.345. The zero-order valence-corrected chi connectivity index (χ0v) is 11.6. The summed E-state index contributed by atoms with van der Waals surface area (Å²) in [6.45, 7) is 4.08. The van der Waals surface area contributed by atoms with Gasteiger partial charge in [0.2, 0.25) is 0 Å². The highest BCUT2D eigenvalue weighted by atomic mass is 16.6. The lowest BCUT2D eigenvalue weighted by Crippen LogP contribution is -2.07. The van der Waals surface area contributed by atoms with Gasteiger partial charge in [-0.2, -0.15) is 4.98 Å². The van der Waals surface area contributed by atoms with Crippen LogP contribution in [0.5, 0.6) is 6.08 Å². The van der Waals surface area contributed by atoms with Crippen LogP contribution < -0.4 is 4.74 Å². The maximum Gasteiger partial charge on any atom is 0.417 e. The molecule has 6 heteroatoms. The average Bonchev–Trinajstić information content (AvgIpc) is 2.93. The normalized spacial score (nSPS) is 10.6. The van der Waals surface area contributed by atoms with Crippen LogP contribution in [0.2, 0.25) is 0 Å². The SMILES string of the molecule is COC(=O)c1ccccc1COc1nc(C(C)C)no1. The topological polar surface area (TPSA) is 74.5 Å². The van der Waals surface area contributed by atoms with Crippen LogP contribution in [0.3, 0.4) is 0 Å². The summed E-state index contributed by atoms with van der Waals surface area (Å²) >= 11 is 0. The van der Waals surface area contributed by atoms with Crippen molar-refractivity contribution < 1.29 is 18.8 Å². The molecule has 0 bridgehead atoms. The largest absolute Gasteiger partial charge is 0.465 e. The fraction of sp³-hybridized carbons (Fsp3) is 0.357. The highest BCUT2D eigenvalue weighted by molar-refractivity contribution is 5.90. The van der Waals surface area contributed by atoms with Crippen LogP contribution in [0.1, 0.15) is 41.5 Å². The minimum atomic E-state index is -0.405. The summed E-state index contributed by atoms with van der Waals surface area (Å²) in [6, 6.07) is 7.04. The molecule has 0 spiro atoms. The number of ether oxygens (including phenoxy) is 2. The third-order valence-electron chi connectivity index (χ3n) is 2.71. The molecular formula is C14H16N2O4. The smallest absolute Gasteiger partial charge is 0.417 e. The third-order valence-corrected chi connectivity index (χ3v) is 2.71. The van der Waals surface area contributed by atoms with Crippen molar-refractivity contribution in [1.29, 1.82) is 0 Å². The first-order valence-corrected chi connectivity index (χ1v) is 6.24. The summed E-state index contributed by atoms with van der Waals surface area (Å²) in [7, 11) is 1.34. The lowest BCUT2D eigenvalue weighted by molar-refractivity contribution is 0.0597. The molecule has 0 unspecified atom stereocenters. The van der Waals surface area contributed by atoms with Gasteiger partial charge in [0.15, 0.2) is 5.82 Å². The maximum atomic E-state index is 11.6. The average molecular weight is 276 g/mol. The van der Waals surface area contributed by atoms with E-state index in [0.29, 0.717) is 17.0 Å². The van der Waals surface area contributed by atoms with Gasteiger partial charge in [0, 0.05) is 11.5 Å². The quantitative estimate of drug-likeness (QED) is 0.781. The first-order chi connectivity index (χ1) is 9.61.